The van der Waals surface area contributed by atoms with Gasteiger partial charge in [-0.3, -0.25) is 4.68 Å². The normalized spacial score (nSPS) is 11.7. The van der Waals surface area contributed by atoms with Gasteiger partial charge in [-0.05, 0) is 31.2 Å². The fraction of sp³-hybridized carbons (Fsp3) is 0.308. The Morgan fingerprint density at radius 1 is 1.25 bits per heavy atom. The van der Waals surface area contributed by atoms with Crippen molar-refractivity contribution in [3.8, 4) is 0 Å². The summed E-state index contributed by atoms with van der Waals surface area (Å²) in [4.78, 5) is 0. The summed E-state index contributed by atoms with van der Waals surface area (Å²) in [7, 11) is 0. The molecule has 0 atom stereocenters. The Morgan fingerprint density at radius 3 is 2.65 bits per heavy atom. The highest BCUT2D eigenvalue weighted by molar-refractivity contribution is 5.47. The number of hydrogen-bond donors (Lipinski definition) is 1. The second-order valence-corrected chi connectivity index (χ2v) is 4.18. The van der Waals surface area contributed by atoms with Crippen LogP contribution >= 0.6 is 0 Å². The van der Waals surface area contributed by atoms with Crippen LogP contribution in [0.1, 0.15) is 18.2 Å². The van der Waals surface area contributed by atoms with Gasteiger partial charge < -0.3 is 5.32 Å². The number of rotatable bonds is 4. The number of halogens is 4. The summed E-state index contributed by atoms with van der Waals surface area (Å²) in [6.07, 6.45) is -3.08. The van der Waals surface area contributed by atoms with Crippen molar-refractivity contribution < 1.29 is 17.6 Å². The van der Waals surface area contributed by atoms with Crippen molar-refractivity contribution in [2.75, 3.05) is 5.32 Å². The lowest BCUT2D eigenvalue weighted by Gasteiger charge is -2.12. The van der Waals surface area contributed by atoms with E-state index >= 15 is 0 Å². The Hall–Kier alpha value is -2.05. The Kier molecular flexibility index (Phi) is 3.96. The highest BCUT2D eigenvalue weighted by Gasteiger charge is 2.34. The Bertz CT molecular complexity index is 590. The van der Waals surface area contributed by atoms with Crippen LogP contribution in [0.15, 0.2) is 30.5 Å². The van der Waals surface area contributed by atoms with E-state index in [1.54, 1.807) is 16.9 Å². The molecule has 1 N–H and O–H groups in total. The van der Waals surface area contributed by atoms with Crippen molar-refractivity contribution in [2.45, 2.75) is 26.2 Å². The summed E-state index contributed by atoms with van der Waals surface area (Å²) < 4.78 is 52.6. The number of aromatic nitrogens is 2. The number of nitrogens with one attached hydrogen (secondary N) is 1. The summed E-state index contributed by atoms with van der Waals surface area (Å²) in [5.74, 6) is -1.28. The van der Waals surface area contributed by atoms with E-state index < -0.39 is 17.6 Å². The smallest absolute Gasteiger partial charge is 0.379 e. The van der Waals surface area contributed by atoms with Crippen LogP contribution in [0.5, 0.6) is 0 Å². The Balaban J connectivity index is 2.15. The van der Waals surface area contributed by atoms with Crippen LogP contribution < -0.4 is 5.32 Å². The fourth-order valence-electron chi connectivity index (χ4n) is 1.84. The number of benzene rings is 1. The van der Waals surface area contributed by atoms with Crippen LogP contribution in [0, 0.1) is 5.82 Å². The second-order valence-electron chi connectivity index (χ2n) is 4.18. The predicted octanol–water partition coefficient (Wildman–Crippen LogP) is 3.67. The summed E-state index contributed by atoms with van der Waals surface area (Å²) in [6, 6.07) is 4.62. The average Bonchev–Trinajstić information content (AvgIpc) is 2.84. The monoisotopic (exact) mass is 287 g/mol. The van der Waals surface area contributed by atoms with Crippen LogP contribution in [0.4, 0.5) is 23.2 Å². The van der Waals surface area contributed by atoms with Gasteiger partial charge in [-0.2, -0.15) is 18.3 Å². The van der Waals surface area contributed by atoms with E-state index in [1.807, 2.05) is 6.92 Å². The van der Waals surface area contributed by atoms with Crippen molar-refractivity contribution in [1.82, 2.24) is 9.78 Å². The zero-order chi connectivity index (χ0) is 14.8. The zero-order valence-corrected chi connectivity index (χ0v) is 10.7. The van der Waals surface area contributed by atoms with Crippen LogP contribution in [-0.4, -0.2) is 9.78 Å². The van der Waals surface area contributed by atoms with Crippen LogP contribution in [0.3, 0.4) is 0 Å². The van der Waals surface area contributed by atoms with Crippen molar-refractivity contribution in [3.63, 3.8) is 0 Å². The van der Waals surface area contributed by atoms with E-state index in [9.17, 15) is 17.6 Å². The maximum absolute atomic E-state index is 13.1. The number of alkyl halides is 3. The molecule has 0 aliphatic rings. The van der Waals surface area contributed by atoms with E-state index in [1.165, 1.54) is 6.07 Å². The minimum absolute atomic E-state index is 0.211. The van der Waals surface area contributed by atoms with Crippen LogP contribution in [-0.2, 0) is 19.3 Å². The first-order valence-corrected chi connectivity index (χ1v) is 6.03. The standard InChI is InChI=1S/C13H13F4N3/c1-2-20-10(5-6-19-20)8-18-9-3-4-12(14)11(7-9)13(15,16)17/h3-7,18H,2,8H2,1H3. The summed E-state index contributed by atoms with van der Waals surface area (Å²) >= 11 is 0. The van der Waals surface area contributed by atoms with Gasteiger partial charge in [0.15, 0.2) is 0 Å². The minimum Gasteiger partial charge on any atom is -0.379 e. The molecule has 0 saturated heterocycles. The van der Waals surface area contributed by atoms with E-state index in [0.29, 0.717) is 13.1 Å². The summed E-state index contributed by atoms with van der Waals surface area (Å²) in [5, 5.41) is 6.89. The molecule has 1 aromatic heterocycles. The highest BCUT2D eigenvalue weighted by atomic mass is 19.4. The molecule has 0 aliphatic heterocycles. The molecule has 2 aromatic rings. The van der Waals surface area contributed by atoms with E-state index in [0.717, 1.165) is 17.8 Å². The number of anilines is 1. The molecule has 0 unspecified atom stereocenters. The number of nitrogens with zero attached hydrogens (tertiary/aromatic N) is 2. The molecule has 0 aliphatic carbocycles. The molecule has 20 heavy (non-hydrogen) atoms. The molecule has 0 radical (unpaired) electrons. The molecular formula is C13H13F4N3. The summed E-state index contributed by atoms with van der Waals surface area (Å²) in [6.45, 7) is 2.90. The molecule has 0 spiro atoms. The lowest BCUT2D eigenvalue weighted by molar-refractivity contribution is -0.139. The zero-order valence-electron chi connectivity index (χ0n) is 10.7. The SMILES string of the molecule is CCn1nccc1CNc1ccc(F)c(C(F)(F)F)c1. The molecule has 0 amide bonds. The molecule has 0 fully saturated rings. The lowest BCUT2D eigenvalue weighted by atomic mass is 10.2. The second kappa shape index (κ2) is 5.52. The first-order valence-electron chi connectivity index (χ1n) is 6.03. The van der Waals surface area contributed by atoms with E-state index in [2.05, 4.69) is 10.4 Å². The topological polar surface area (TPSA) is 29.9 Å². The quantitative estimate of drug-likeness (QED) is 0.869. The van der Waals surface area contributed by atoms with E-state index in [4.69, 9.17) is 0 Å². The van der Waals surface area contributed by atoms with Gasteiger partial charge in [0, 0.05) is 18.4 Å². The Morgan fingerprint density at radius 2 is 2.00 bits per heavy atom. The summed E-state index contributed by atoms with van der Waals surface area (Å²) in [5.41, 5.74) is -0.223. The van der Waals surface area contributed by atoms with Gasteiger partial charge in [-0.15, -0.1) is 0 Å². The molecule has 0 bridgehead atoms. The maximum Gasteiger partial charge on any atom is 0.419 e. The van der Waals surface area contributed by atoms with Gasteiger partial charge in [0.1, 0.15) is 5.82 Å². The van der Waals surface area contributed by atoms with Gasteiger partial charge in [0.05, 0.1) is 17.8 Å². The highest BCUT2D eigenvalue weighted by Crippen LogP contribution is 2.33. The van der Waals surface area contributed by atoms with Gasteiger partial charge >= 0.3 is 6.18 Å². The molecule has 3 nitrogen and oxygen atoms in total. The molecule has 0 saturated carbocycles. The molecule has 2 rings (SSSR count). The molecular weight excluding hydrogens is 274 g/mol. The van der Waals surface area contributed by atoms with Crippen molar-refractivity contribution in [2.24, 2.45) is 0 Å². The predicted molar refractivity (Wildman–Crippen MR) is 66.6 cm³/mol. The number of aryl methyl sites for hydroxylation is 1. The largest absolute Gasteiger partial charge is 0.419 e. The first kappa shape index (κ1) is 14.4. The van der Waals surface area contributed by atoms with Crippen molar-refractivity contribution in [1.29, 1.82) is 0 Å². The fourth-order valence-corrected chi connectivity index (χ4v) is 1.84. The van der Waals surface area contributed by atoms with Gasteiger partial charge in [0.2, 0.25) is 0 Å². The number of hydrogen-bond acceptors (Lipinski definition) is 2. The third-order valence-electron chi connectivity index (χ3n) is 2.85. The molecule has 108 valence electrons. The van der Waals surface area contributed by atoms with Crippen molar-refractivity contribution >= 4 is 5.69 Å². The van der Waals surface area contributed by atoms with Crippen molar-refractivity contribution in [3.05, 3.63) is 47.5 Å². The van der Waals surface area contributed by atoms with Crippen LogP contribution in [0.2, 0.25) is 0 Å². The van der Waals surface area contributed by atoms with E-state index in [-0.39, 0.29) is 5.69 Å². The average molecular weight is 287 g/mol. The molecule has 7 heteroatoms. The molecule has 1 heterocycles. The third kappa shape index (κ3) is 3.09. The van der Waals surface area contributed by atoms with Gasteiger partial charge in [-0.25, -0.2) is 4.39 Å². The van der Waals surface area contributed by atoms with Gasteiger partial charge in [0.25, 0.3) is 0 Å². The maximum atomic E-state index is 13.1. The minimum atomic E-state index is -4.70. The Labute approximate surface area is 113 Å². The van der Waals surface area contributed by atoms with Crippen LogP contribution in [0.25, 0.3) is 0 Å². The first-order chi connectivity index (χ1) is 9.41. The lowest BCUT2D eigenvalue weighted by Crippen LogP contribution is -2.11. The third-order valence-corrected chi connectivity index (χ3v) is 2.85. The van der Waals surface area contributed by atoms with Gasteiger partial charge in [-0.1, -0.05) is 0 Å². The molecule has 1 aromatic carbocycles.